The third-order valence-corrected chi connectivity index (χ3v) is 9.17. The molecule has 4 aromatic heterocycles. The Morgan fingerprint density at radius 2 is 1.91 bits per heavy atom. The molecular weight excluding hydrogens is 605 g/mol. The average molecular weight is 635 g/mol. The summed E-state index contributed by atoms with van der Waals surface area (Å²) in [5.74, 6) is -3.58. The van der Waals surface area contributed by atoms with Crippen molar-refractivity contribution >= 4 is 27.3 Å². The topological polar surface area (TPSA) is 87.3 Å². The molecule has 13 heteroatoms. The van der Waals surface area contributed by atoms with Crippen molar-refractivity contribution in [3.8, 4) is 39.4 Å². The van der Waals surface area contributed by atoms with Crippen LogP contribution < -0.4 is 4.74 Å². The standard InChI is InChI=1S/C32H29F3N6O3S/c1-3-27(42)39-17-23(18-39)41-15-20(13-37-41)30-28(24-5-4-22(33)10-26(24)44-8-7-43-2)31-25(6-9-45-31)29(38-30)19-12-36-40(14-19)16-21-11-32(21,34)35/h3-6,9-10,12-15,21,23H,1,7-8,11,16-18H2,2H3. The molecule has 1 atom stereocenters. The third-order valence-electron chi connectivity index (χ3n) is 8.23. The number of fused-ring (bicyclic) bond motifs is 1. The molecule has 5 heterocycles. The van der Waals surface area contributed by atoms with E-state index in [1.165, 1.54) is 29.5 Å². The minimum atomic E-state index is -2.64. The Labute approximate surface area is 260 Å². The first-order valence-electron chi connectivity index (χ1n) is 14.4. The van der Waals surface area contributed by atoms with Gasteiger partial charge in [-0.15, -0.1) is 11.3 Å². The summed E-state index contributed by atoms with van der Waals surface area (Å²) in [5, 5.41) is 11.8. The molecule has 45 heavy (non-hydrogen) atoms. The number of halogens is 3. The van der Waals surface area contributed by atoms with Crippen LogP contribution in [0.15, 0.2) is 67.1 Å². The highest BCUT2D eigenvalue weighted by Crippen LogP contribution is 2.50. The number of hydrogen-bond acceptors (Lipinski definition) is 7. The van der Waals surface area contributed by atoms with Gasteiger partial charge in [0.25, 0.3) is 5.92 Å². The summed E-state index contributed by atoms with van der Waals surface area (Å²) in [5.41, 5.74) is 4.04. The van der Waals surface area contributed by atoms with E-state index < -0.39 is 17.7 Å². The summed E-state index contributed by atoms with van der Waals surface area (Å²) in [6, 6.07) is 6.37. The molecule has 1 aliphatic carbocycles. The Morgan fingerprint density at radius 3 is 2.67 bits per heavy atom. The van der Waals surface area contributed by atoms with Crippen LogP contribution in [-0.2, 0) is 16.1 Å². The molecule has 5 aromatic rings. The summed E-state index contributed by atoms with van der Waals surface area (Å²) in [7, 11) is 1.57. The Morgan fingerprint density at radius 1 is 1.13 bits per heavy atom. The van der Waals surface area contributed by atoms with Crippen molar-refractivity contribution in [2.45, 2.75) is 24.9 Å². The predicted molar refractivity (Wildman–Crippen MR) is 164 cm³/mol. The maximum atomic E-state index is 14.5. The number of likely N-dealkylation sites (tertiary alicyclic amines) is 1. The highest BCUT2D eigenvalue weighted by Gasteiger charge is 2.56. The number of hydrogen-bond donors (Lipinski definition) is 0. The van der Waals surface area contributed by atoms with Gasteiger partial charge in [0.15, 0.2) is 0 Å². The van der Waals surface area contributed by atoms with Gasteiger partial charge in [-0.25, -0.2) is 18.2 Å². The molecular formula is C32H29F3N6O3S. The fourth-order valence-corrected chi connectivity index (χ4v) is 6.59. The predicted octanol–water partition coefficient (Wildman–Crippen LogP) is 6.08. The number of aromatic nitrogens is 5. The fraction of sp³-hybridized carbons (Fsp3) is 0.312. The number of carbonyl (C=O) groups is 1. The molecule has 1 unspecified atom stereocenters. The maximum Gasteiger partial charge on any atom is 0.253 e. The van der Waals surface area contributed by atoms with E-state index in [0.29, 0.717) is 53.5 Å². The lowest BCUT2D eigenvalue weighted by Gasteiger charge is -2.38. The lowest BCUT2D eigenvalue weighted by atomic mass is 9.96. The molecule has 2 fully saturated rings. The zero-order valence-electron chi connectivity index (χ0n) is 24.3. The van der Waals surface area contributed by atoms with E-state index in [0.717, 1.165) is 15.6 Å². The number of rotatable bonds is 11. The normalized spacial score (nSPS) is 17.4. The SMILES string of the molecule is C=CC(=O)N1CC(n2cc(-c3nc(-c4cnn(CC5CC5(F)F)c4)c4ccsc4c3-c3ccc(F)cc3OCCOC)cn2)C1. The fourth-order valence-electron chi connectivity index (χ4n) is 5.63. The number of thiophene rings is 1. The smallest absolute Gasteiger partial charge is 0.253 e. The van der Waals surface area contributed by atoms with Crippen molar-refractivity contribution in [1.29, 1.82) is 0 Å². The lowest BCUT2D eigenvalue weighted by molar-refractivity contribution is -0.131. The van der Waals surface area contributed by atoms with Crippen LogP contribution in [0.2, 0.25) is 0 Å². The summed E-state index contributed by atoms with van der Waals surface area (Å²) in [6.07, 6.45) is 8.17. The van der Waals surface area contributed by atoms with Gasteiger partial charge in [-0.05, 0) is 29.7 Å². The zero-order valence-corrected chi connectivity index (χ0v) is 25.1. The number of pyridine rings is 1. The molecule has 232 valence electrons. The molecule has 1 amide bonds. The molecule has 9 nitrogen and oxygen atoms in total. The van der Waals surface area contributed by atoms with E-state index in [2.05, 4.69) is 16.8 Å². The van der Waals surface area contributed by atoms with Gasteiger partial charge >= 0.3 is 0 Å². The van der Waals surface area contributed by atoms with E-state index in [-0.39, 0.29) is 31.5 Å². The van der Waals surface area contributed by atoms with E-state index in [4.69, 9.17) is 14.5 Å². The van der Waals surface area contributed by atoms with Gasteiger partial charge in [0.1, 0.15) is 18.2 Å². The highest BCUT2D eigenvalue weighted by molar-refractivity contribution is 7.18. The van der Waals surface area contributed by atoms with Gasteiger partial charge in [0, 0.05) is 89.9 Å². The van der Waals surface area contributed by atoms with Gasteiger partial charge < -0.3 is 14.4 Å². The number of amides is 1. The quantitative estimate of drug-likeness (QED) is 0.129. The molecule has 0 N–H and O–H groups in total. The van der Waals surface area contributed by atoms with Crippen molar-refractivity contribution in [3.63, 3.8) is 0 Å². The van der Waals surface area contributed by atoms with Crippen LogP contribution in [0, 0.1) is 11.7 Å². The van der Waals surface area contributed by atoms with Crippen LogP contribution in [0.1, 0.15) is 12.5 Å². The number of ether oxygens (including phenoxy) is 2. The summed E-state index contributed by atoms with van der Waals surface area (Å²) in [6.45, 7) is 5.25. The van der Waals surface area contributed by atoms with Gasteiger partial charge in [-0.2, -0.15) is 10.2 Å². The highest BCUT2D eigenvalue weighted by atomic mass is 32.1. The largest absolute Gasteiger partial charge is 0.490 e. The van der Waals surface area contributed by atoms with Crippen LogP contribution in [0.5, 0.6) is 5.75 Å². The average Bonchev–Trinajstić information content (AvgIpc) is 3.54. The molecule has 1 aromatic carbocycles. The third kappa shape index (κ3) is 5.50. The van der Waals surface area contributed by atoms with Crippen molar-refractivity contribution in [2.24, 2.45) is 5.92 Å². The molecule has 0 radical (unpaired) electrons. The van der Waals surface area contributed by atoms with Crippen LogP contribution in [0.25, 0.3) is 43.7 Å². The first-order valence-corrected chi connectivity index (χ1v) is 15.3. The van der Waals surface area contributed by atoms with Gasteiger partial charge in [-0.3, -0.25) is 14.2 Å². The Hall–Kier alpha value is -4.49. The minimum absolute atomic E-state index is 0.00594. The molecule has 1 saturated carbocycles. The van der Waals surface area contributed by atoms with Crippen molar-refractivity contribution < 1.29 is 27.4 Å². The molecule has 2 aliphatic rings. The van der Waals surface area contributed by atoms with Crippen LogP contribution in [0.4, 0.5) is 13.2 Å². The number of alkyl halides is 2. The molecule has 0 spiro atoms. The molecule has 7 rings (SSSR count). The minimum Gasteiger partial charge on any atom is -0.490 e. The zero-order chi connectivity index (χ0) is 31.3. The van der Waals surface area contributed by atoms with Crippen molar-refractivity contribution in [2.75, 3.05) is 33.4 Å². The van der Waals surface area contributed by atoms with Crippen LogP contribution >= 0.6 is 11.3 Å². The van der Waals surface area contributed by atoms with Gasteiger partial charge in [0.2, 0.25) is 5.91 Å². The number of benzene rings is 1. The van der Waals surface area contributed by atoms with Crippen molar-refractivity contribution in [1.82, 2.24) is 29.4 Å². The summed E-state index contributed by atoms with van der Waals surface area (Å²) >= 11 is 1.51. The Kier molecular flexibility index (Phi) is 7.44. The first kappa shape index (κ1) is 29.2. The van der Waals surface area contributed by atoms with Gasteiger partial charge in [0.05, 0.1) is 36.4 Å². The van der Waals surface area contributed by atoms with Crippen LogP contribution in [0.3, 0.4) is 0 Å². The lowest BCUT2D eigenvalue weighted by Crippen LogP contribution is -2.50. The number of methoxy groups -OCH3 is 1. The van der Waals surface area contributed by atoms with Gasteiger partial charge in [-0.1, -0.05) is 6.58 Å². The van der Waals surface area contributed by atoms with E-state index in [1.807, 2.05) is 22.3 Å². The van der Waals surface area contributed by atoms with E-state index in [9.17, 15) is 18.0 Å². The second-order valence-corrected chi connectivity index (χ2v) is 12.2. The Balaban J connectivity index is 1.34. The molecule has 0 bridgehead atoms. The Bertz CT molecular complexity index is 1910. The second-order valence-electron chi connectivity index (χ2n) is 11.3. The number of carbonyl (C=O) groups excluding carboxylic acids is 1. The van der Waals surface area contributed by atoms with E-state index in [1.54, 1.807) is 41.3 Å². The van der Waals surface area contributed by atoms with Crippen molar-refractivity contribution in [3.05, 3.63) is 72.9 Å². The second kappa shape index (κ2) is 11.5. The summed E-state index contributed by atoms with van der Waals surface area (Å²) < 4.78 is 57.1. The van der Waals surface area contributed by atoms with Crippen LogP contribution in [-0.4, -0.2) is 74.7 Å². The van der Waals surface area contributed by atoms with E-state index >= 15 is 0 Å². The summed E-state index contributed by atoms with van der Waals surface area (Å²) in [4.78, 5) is 18.8. The first-order chi connectivity index (χ1) is 21.8. The number of nitrogens with zero attached hydrogens (tertiary/aromatic N) is 6. The molecule has 1 saturated heterocycles. The molecule has 1 aliphatic heterocycles. The maximum absolute atomic E-state index is 14.5. The monoisotopic (exact) mass is 634 g/mol.